The lowest BCUT2D eigenvalue weighted by atomic mass is 9.76. The molecule has 0 radical (unpaired) electrons. The molecule has 3 heterocycles. The first-order valence-electron chi connectivity index (χ1n) is 10.6. The minimum absolute atomic E-state index is 0.0270. The topological polar surface area (TPSA) is 74.8 Å². The number of carbonyl (C=O) groups is 1. The molecular weight excluding hydrogens is 362 g/mol. The van der Waals surface area contributed by atoms with Crippen LogP contribution in [-0.2, 0) is 0 Å². The quantitative estimate of drug-likeness (QED) is 0.726. The van der Waals surface area contributed by atoms with Crippen LogP contribution in [0.25, 0.3) is 10.8 Å². The van der Waals surface area contributed by atoms with Gasteiger partial charge in [0.05, 0.1) is 0 Å². The zero-order valence-corrected chi connectivity index (χ0v) is 17.1. The summed E-state index contributed by atoms with van der Waals surface area (Å²) >= 11 is 0. The molecule has 6 heteroatoms. The van der Waals surface area contributed by atoms with E-state index < -0.39 is 0 Å². The normalized spacial score (nSPS) is 20.9. The minimum atomic E-state index is 0.0270. The highest BCUT2D eigenvalue weighted by Crippen LogP contribution is 2.53. The Kier molecular flexibility index (Phi) is 4.37. The summed E-state index contributed by atoms with van der Waals surface area (Å²) in [4.78, 5) is 24.8. The number of benzene rings is 1. The molecule has 5 rings (SSSR count). The number of nitrogens with one attached hydrogen (secondary N) is 1. The number of fused-ring (bicyclic) bond motifs is 1. The largest absolute Gasteiger partial charge is 0.336 e. The third-order valence-electron chi connectivity index (χ3n) is 6.78. The van der Waals surface area contributed by atoms with Gasteiger partial charge in [0, 0.05) is 36.5 Å². The van der Waals surface area contributed by atoms with E-state index in [0.29, 0.717) is 18.2 Å². The molecular formula is C23H27N5O. The van der Waals surface area contributed by atoms with Gasteiger partial charge in [0.15, 0.2) is 5.82 Å². The van der Waals surface area contributed by atoms with Crippen molar-refractivity contribution < 1.29 is 4.79 Å². The first-order chi connectivity index (χ1) is 14.1. The van der Waals surface area contributed by atoms with Gasteiger partial charge in [-0.25, -0.2) is 4.98 Å². The summed E-state index contributed by atoms with van der Waals surface area (Å²) in [6, 6.07) is 9.93. The van der Waals surface area contributed by atoms with Crippen LogP contribution < -0.4 is 0 Å². The Morgan fingerprint density at radius 1 is 1.21 bits per heavy atom. The highest BCUT2D eigenvalue weighted by molar-refractivity contribution is 6.05. The molecule has 1 atom stereocenters. The van der Waals surface area contributed by atoms with Crippen molar-refractivity contribution in [2.24, 2.45) is 5.41 Å². The Balaban J connectivity index is 1.49. The maximum absolute atomic E-state index is 13.5. The van der Waals surface area contributed by atoms with E-state index in [1.54, 1.807) is 6.20 Å². The molecule has 0 bridgehead atoms. The number of pyridine rings is 1. The van der Waals surface area contributed by atoms with E-state index in [0.717, 1.165) is 41.8 Å². The van der Waals surface area contributed by atoms with Gasteiger partial charge < -0.3 is 4.90 Å². The Hall–Kier alpha value is -2.76. The van der Waals surface area contributed by atoms with Crippen LogP contribution in [0.3, 0.4) is 0 Å². The van der Waals surface area contributed by atoms with Crippen molar-refractivity contribution >= 4 is 16.7 Å². The second-order valence-corrected chi connectivity index (χ2v) is 8.92. The zero-order valence-electron chi connectivity index (χ0n) is 17.1. The molecule has 1 amide bonds. The monoisotopic (exact) mass is 389 g/mol. The molecule has 1 aliphatic heterocycles. The molecule has 2 aliphatic rings. The van der Waals surface area contributed by atoms with Crippen LogP contribution in [0.4, 0.5) is 0 Å². The van der Waals surface area contributed by atoms with Crippen LogP contribution in [0.5, 0.6) is 0 Å². The molecule has 29 heavy (non-hydrogen) atoms. The minimum Gasteiger partial charge on any atom is -0.336 e. The number of hydrogen-bond acceptors (Lipinski definition) is 4. The number of likely N-dealkylation sites (tertiary alicyclic amines) is 1. The smallest absolute Gasteiger partial charge is 0.273 e. The molecule has 150 valence electrons. The average molecular weight is 390 g/mol. The fourth-order valence-electron chi connectivity index (χ4n) is 5.23. The van der Waals surface area contributed by atoms with Gasteiger partial charge in [-0.05, 0) is 29.7 Å². The standard InChI is InChI=1S/C23H27N5O/c1-15(2)20-25-21(27-26-20)18-13-28(14-23(18)10-5-6-11-23)22(29)19-17-8-4-3-7-16(17)9-12-24-19/h3-4,7-9,12,15,18H,5-6,10-11,13-14H2,1-2H3,(H,25,26,27). The summed E-state index contributed by atoms with van der Waals surface area (Å²) in [5, 5.41) is 9.60. The molecule has 1 aromatic carbocycles. The fraction of sp³-hybridized carbons (Fsp3) is 0.478. The number of nitrogens with zero attached hydrogens (tertiary/aromatic N) is 4. The summed E-state index contributed by atoms with van der Waals surface area (Å²) in [7, 11) is 0. The van der Waals surface area contributed by atoms with E-state index >= 15 is 0 Å². The van der Waals surface area contributed by atoms with Gasteiger partial charge in [0.2, 0.25) is 0 Å². The molecule has 1 N–H and O–H groups in total. The van der Waals surface area contributed by atoms with Crippen molar-refractivity contribution in [1.82, 2.24) is 25.1 Å². The second kappa shape index (κ2) is 6.94. The Morgan fingerprint density at radius 3 is 2.76 bits per heavy atom. The number of hydrogen-bond donors (Lipinski definition) is 1. The fourth-order valence-corrected chi connectivity index (χ4v) is 5.23. The van der Waals surface area contributed by atoms with Gasteiger partial charge in [0.25, 0.3) is 5.91 Å². The first kappa shape index (κ1) is 18.3. The SMILES string of the molecule is CC(C)c1n[nH]c(C2CN(C(=O)c3nccc4ccccc34)CC23CCCC3)n1. The molecule has 1 spiro atoms. The van der Waals surface area contributed by atoms with Crippen LogP contribution >= 0.6 is 0 Å². The number of aromatic amines is 1. The molecule has 1 saturated carbocycles. The van der Waals surface area contributed by atoms with Gasteiger partial charge in [-0.2, -0.15) is 5.10 Å². The van der Waals surface area contributed by atoms with Crippen molar-refractivity contribution in [3.05, 3.63) is 53.9 Å². The lowest BCUT2D eigenvalue weighted by Crippen LogP contribution is -2.32. The van der Waals surface area contributed by atoms with E-state index in [1.807, 2.05) is 35.2 Å². The summed E-state index contributed by atoms with van der Waals surface area (Å²) in [5.41, 5.74) is 0.658. The van der Waals surface area contributed by atoms with Gasteiger partial charge >= 0.3 is 0 Å². The average Bonchev–Trinajstić information content (AvgIpc) is 3.48. The van der Waals surface area contributed by atoms with Crippen LogP contribution in [0.1, 0.15) is 73.5 Å². The summed E-state index contributed by atoms with van der Waals surface area (Å²) in [6.45, 7) is 5.67. The maximum atomic E-state index is 13.5. The third kappa shape index (κ3) is 3.02. The van der Waals surface area contributed by atoms with Crippen LogP contribution in [0.2, 0.25) is 0 Å². The van der Waals surface area contributed by atoms with E-state index in [2.05, 4.69) is 29.0 Å². The molecule has 2 fully saturated rings. The molecule has 1 saturated heterocycles. The maximum Gasteiger partial charge on any atom is 0.273 e. The molecule has 2 aromatic heterocycles. The van der Waals surface area contributed by atoms with E-state index in [9.17, 15) is 4.79 Å². The van der Waals surface area contributed by atoms with Crippen molar-refractivity contribution in [1.29, 1.82) is 0 Å². The number of aromatic nitrogens is 4. The Morgan fingerprint density at radius 2 is 2.00 bits per heavy atom. The van der Waals surface area contributed by atoms with Crippen molar-refractivity contribution in [3.63, 3.8) is 0 Å². The molecule has 1 unspecified atom stereocenters. The second-order valence-electron chi connectivity index (χ2n) is 8.92. The number of carbonyl (C=O) groups excluding carboxylic acids is 1. The van der Waals surface area contributed by atoms with Gasteiger partial charge in [-0.1, -0.05) is 51.0 Å². The summed E-state index contributed by atoms with van der Waals surface area (Å²) in [6.07, 6.45) is 6.45. The first-order valence-corrected chi connectivity index (χ1v) is 10.6. The lowest BCUT2D eigenvalue weighted by Gasteiger charge is -2.28. The Bertz CT molecular complexity index is 1040. The van der Waals surface area contributed by atoms with E-state index in [-0.39, 0.29) is 17.2 Å². The van der Waals surface area contributed by atoms with Gasteiger partial charge in [-0.15, -0.1) is 0 Å². The summed E-state index contributed by atoms with van der Waals surface area (Å²) in [5.74, 6) is 2.33. The molecule has 3 aromatic rings. The molecule has 1 aliphatic carbocycles. The van der Waals surface area contributed by atoms with Crippen molar-refractivity contribution in [3.8, 4) is 0 Å². The van der Waals surface area contributed by atoms with Crippen molar-refractivity contribution in [2.45, 2.75) is 51.4 Å². The zero-order chi connectivity index (χ0) is 20.0. The highest BCUT2D eigenvalue weighted by Gasteiger charge is 2.51. The number of rotatable bonds is 3. The highest BCUT2D eigenvalue weighted by atomic mass is 16.2. The van der Waals surface area contributed by atoms with E-state index in [4.69, 9.17) is 4.98 Å². The third-order valence-corrected chi connectivity index (χ3v) is 6.78. The predicted octanol–water partition coefficient (Wildman–Crippen LogP) is 4.28. The Labute approximate surface area is 170 Å². The number of H-pyrrole nitrogens is 1. The molecule has 6 nitrogen and oxygen atoms in total. The predicted molar refractivity (Wildman–Crippen MR) is 112 cm³/mol. The van der Waals surface area contributed by atoms with E-state index in [1.165, 1.54) is 12.8 Å². The number of amides is 1. The lowest BCUT2D eigenvalue weighted by molar-refractivity contribution is 0.0769. The summed E-state index contributed by atoms with van der Waals surface area (Å²) < 4.78 is 0. The van der Waals surface area contributed by atoms with Crippen LogP contribution in [0, 0.1) is 5.41 Å². The van der Waals surface area contributed by atoms with Gasteiger partial charge in [0.1, 0.15) is 11.5 Å². The van der Waals surface area contributed by atoms with Crippen LogP contribution in [-0.4, -0.2) is 44.1 Å². The van der Waals surface area contributed by atoms with Gasteiger partial charge in [-0.3, -0.25) is 14.9 Å². The van der Waals surface area contributed by atoms with Crippen LogP contribution in [0.15, 0.2) is 36.5 Å². The van der Waals surface area contributed by atoms with Crippen molar-refractivity contribution in [2.75, 3.05) is 13.1 Å².